The van der Waals surface area contributed by atoms with Gasteiger partial charge in [-0.1, -0.05) is 18.2 Å². The zero-order valence-corrected chi connectivity index (χ0v) is 15.3. The Labute approximate surface area is 154 Å². The minimum Gasteiger partial charge on any atom is -0.459 e. The summed E-state index contributed by atoms with van der Waals surface area (Å²) in [6, 6.07) is 10.9. The van der Waals surface area contributed by atoms with Crippen LogP contribution >= 0.6 is 11.3 Å². The molecule has 0 spiro atoms. The van der Waals surface area contributed by atoms with Crippen LogP contribution in [0.4, 0.5) is 5.69 Å². The Balaban J connectivity index is 1.55. The molecule has 0 radical (unpaired) electrons. The monoisotopic (exact) mass is 370 g/mol. The van der Waals surface area contributed by atoms with Crippen LogP contribution in [0.2, 0.25) is 0 Å². The number of nitrogens with zero attached hydrogens (tertiary/aromatic N) is 1. The van der Waals surface area contributed by atoms with Gasteiger partial charge >= 0.3 is 5.97 Å². The molecule has 0 aliphatic heterocycles. The fraction of sp³-hybridized carbons (Fsp3) is 0.211. The number of esters is 1. The van der Waals surface area contributed by atoms with E-state index in [2.05, 4.69) is 10.3 Å². The van der Waals surface area contributed by atoms with Crippen molar-refractivity contribution in [3.05, 3.63) is 58.8 Å². The third-order valence-electron chi connectivity index (χ3n) is 3.62. The summed E-state index contributed by atoms with van der Waals surface area (Å²) in [5, 5.41) is 4.63. The van der Waals surface area contributed by atoms with Crippen LogP contribution in [0.5, 0.6) is 0 Å². The van der Waals surface area contributed by atoms with Crippen molar-refractivity contribution in [3.63, 3.8) is 0 Å². The van der Waals surface area contributed by atoms with Crippen molar-refractivity contribution in [1.29, 1.82) is 0 Å². The number of carbonyl (C=O) groups is 2. The molecule has 0 aliphatic carbocycles. The van der Waals surface area contributed by atoms with Crippen molar-refractivity contribution in [2.45, 2.75) is 26.9 Å². The van der Waals surface area contributed by atoms with Crippen LogP contribution < -0.4 is 5.32 Å². The van der Waals surface area contributed by atoms with Crippen LogP contribution in [0.1, 0.15) is 23.9 Å². The van der Waals surface area contributed by atoms with Gasteiger partial charge in [-0.3, -0.25) is 9.59 Å². The molecule has 2 heterocycles. The maximum atomic E-state index is 12.0. The van der Waals surface area contributed by atoms with E-state index in [0.29, 0.717) is 23.0 Å². The number of ether oxygens (including phenoxy) is 1. The maximum Gasteiger partial charge on any atom is 0.310 e. The molecule has 0 saturated heterocycles. The third-order valence-corrected chi connectivity index (χ3v) is 4.48. The minimum absolute atomic E-state index is 0.0729. The van der Waals surface area contributed by atoms with Gasteiger partial charge in [0.15, 0.2) is 0 Å². The zero-order valence-electron chi connectivity index (χ0n) is 14.4. The van der Waals surface area contributed by atoms with Crippen molar-refractivity contribution in [3.8, 4) is 10.8 Å². The third kappa shape index (κ3) is 4.58. The van der Waals surface area contributed by atoms with E-state index in [1.54, 1.807) is 31.2 Å². The van der Waals surface area contributed by atoms with Crippen molar-refractivity contribution in [2.24, 2.45) is 0 Å². The molecular weight excluding hydrogens is 352 g/mol. The second kappa shape index (κ2) is 7.97. The Morgan fingerprint density at radius 3 is 2.65 bits per heavy atom. The molecule has 0 aliphatic rings. The second-order valence-corrected chi connectivity index (χ2v) is 6.66. The van der Waals surface area contributed by atoms with Crippen LogP contribution in [-0.4, -0.2) is 16.9 Å². The second-order valence-electron chi connectivity index (χ2n) is 5.71. The summed E-state index contributed by atoms with van der Waals surface area (Å²) in [5.41, 5.74) is 2.11. The average molecular weight is 370 g/mol. The average Bonchev–Trinajstić information content (AvgIpc) is 3.24. The summed E-state index contributed by atoms with van der Waals surface area (Å²) in [7, 11) is 0. The van der Waals surface area contributed by atoms with Gasteiger partial charge in [0.2, 0.25) is 11.8 Å². The van der Waals surface area contributed by atoms with E-state index in [1.165, 1.54) is 18.3 Å². The molecule has 7 heteroatoms. The fourth-order valence-electron chi connectivity index (χ4n) is 2.34. The molecule has 0 saturated carbocycles. The van der Waals surface area contributed by atoms with E-state index in [4.69, 9.17) is 9.15 Å². The summed E-state index contributed by atoms with van der Waals surface area (Å²) < 4.78 is 10.9. The number of benzene rings is 1. The van der Waals surface area contributed by atoms with Gasteiger partial charge in [-0.2, -0.15) is 0 Å². The summed E-state index contributed by atoms with van der Waals surface area (Å²) >= 11 is 1.54. The molecule has 0 unspecified atom stereocenters. The lowest BCUT2D eigenvalue weighted by atomic mass is 10.1. The summed E-state index contributed by atoms with van der Waals surface area (Å²) in [5.74, 6) is 0.692. The summed E-state index contributed by atoms with van der Waals surface area (Å²) in [6.07, 6.45) is 0.148. The smallest absolute Gasteiger partial charge is 0.310 e. The van der Waals surface area contributed by atoms with Gasteiger partial charge in [-0.15, -0.1) is 11.3 Å². The zero-order chi connectivity index (χ0) is 18.5. The topological polar surface area (TPSA) is 81.4 Å². The largest absolute Gasteiger partial charge is 0.459 e. The van der Waals surface area contributed by atoms with Gasteiger partial charge in [0.25, 0.3) is 0 Å². The van der Waals surface area contributed by atoms with Crippen molar-refractivity contribution >= 4 is 28.9 Å². The highest BCUT2D eigenvalue weighted by Crippen LogP contribution is 2.26. The molecule has 0 bridgehead atoms. The Morgan fingerprint density at radius 1 is 1.23 bits per heavy atom. The number of thiophene rings is 1. The molecule has 134 valence electrons. The number of rotatable bonds is 6. The van der Waals surface area contributed by atoms with E-state index in [9.17, 15) is 9.59 Å². The first-order valence-corrected chi connectivity index (χ1v) is 8.91. The molecule has 0 fully saturated rings. The predicted octanol–water partition coefficient (Wildman–Crippen LogP) is 3.96. The molecule has 26 heavy (non-hydrogen) atoms. The van der Waals surface area contributed by atoms with E-state index < -0.39 is 0 Å². The SMILES string of the molecule is CC(=O)Nc1ccc(CC(=O)OCc2nc(-c3cccs3)oc2C)cc1. The Bertz CT molecular complexity index is 898. The summed E-state index contributed by atoms with van der Waals surface area (Å²) in [4.78, 5) is 28.4. The molecule has 0 atom stereocenters. The number of carbonyl (C=O) groups excluding carboxylic acids is 2. The Hall–Kier alpha value is -2.93. The Kier molecular flexibility index (Phi) is 5.48. The number of hydrogen-bond donors (Lipinski definition) is 1. The Morgan fingerprint density at radius 2 is 2.00 bits per heavy atom. The number of nitrogens with one attached hydrogen (secondary N) is 1. The fourth-order valence-corrected chi connectivity index (χ4v) is 2.99. The molecule has 1 amide bonds. The first-order valence-electron chi connectivity index (χ1n) is 8.03. The minimum atomic E-state index is -0.350. The molecule has 1 aromatic carbocycles. The van der Waals surface area contributed by atoms with Gasteiger partial charge < -0.3 is 14.5 Å². The van der Waals surface area contributed by atoms with Crippen LogP contribution in [0.25, 0.3) is 10.8 Å². The number of anilines is 1. The molecule has 3 rings (SSSR count). The number of oxazole rings is 1. The molecule has 1 N–H and O–H groups in total. The van der Waals surface area contributed by atoms with Gasteiger partial charge in [-0.05, 0) is 36.1 Å². The lowest BCUT2D eigenvalue weighted by Crippen LogP contribution is -2.09. The highest BCUT2D eigenvalue weighted by Gasteiger charge is 2.14. The van der Waals surface area contributed by atoms with E-state index in [1.807, 2.05) is 17.5 Å². The van der Waals surface area contributed by atoms with Crippen molar-refractivity contribution in [1.82, 2.24) is 4.98 Å². The van der Waals surface area contributed by atoms with Crippen molar-refractivity contribution in [2.75, 3.05) is 5.32 Å². The normalized spacial score (nSPS) is 10.5. The number of hydrogen-bond acceptors (Lipinski definition) is 6. The van der Waals surface area contributed by atoms with Gasteiger partial charge in [0.05, 0.1) is 11.3 Å². The quantitative estimate of drug-likeness (QED) is 0.664. The summed E-state index contributed by atoms with van der Waals surface area (Å²) in [6.45, 7) is 3.32. The molecule has 3 aromatic rings. The lowest BCUT2D eigenvalue weighted by Gasteiger charge is -2.05. The van der Waals surface area contributed by atoms with Crippen LogP contribution in [0.3, 0.4) is 0 Å². The number of aryl methyl sites for hydroxylation is 1. The van der Waals surface area contributed by atoms with Crippen LogP contribution in [0.15, 0.2) is 46.2 Å². The predicted molar refractivity (Wildman–Crippen MR) is 98.8 cm³/mol. The van der Waals surface area contributed by atoms with E-state index >= 15 is 0 Å². The lowest BCUT2D eigenvalue weighted by molar-refractivity contribution is -0.144. The molecule has 6 nitrogen and oxygen atoms in total. The molecule has 2 aromatic heterocycles. The number of amides is 1. The molecular formula is C19H18N2O4S. The van der Waals surface area contributed by atoms with Crippen LogP contribution in [0, 0.1) is 6.92 Å². The number of aromatic nitrogens is 1. The standard InChI is InChI=1S/C19H18N2O4S/c1-12-16(21-19(25-12)17-4-3-9-26-17)11-24-18(23)10-14-5-7-15(8-6-14)20-13(2)22/h3-9H,10-11H2,1-2H3,(H,20,22). The van der Waals surface area contributed by atoms with E-state index in [0.717, 1.165) is 10.4 Å². The van der Waals surface area contributed by atoms with Crippen LogP contribution in [-0.2, 0) is 27.4 Å². The first-order chi connectivity index (χ1) is 12.5. The highest BCUT2D eigenvalue weighted by molar-refractivity contribution is 7.13. The van der Waals surface area contributed by atoms with Crippen molar-refractivity contribution < 1.29 is 18.7 Å². The van der Waals surface area contributed by atoms with Gasteiger partial charge in [0.1, 0.15) is 18.1 Å². The van der Waals surface area contributed by atoms with E-state index in [-0.39, 0.29) is 24.9 Å². The maximum absolute atomic E-state index is 12.0. The van der Waals surface area contributed by atoms with Gasteiger partial charge in [-0.25, -0.2) is 4.98 Å². The first kappa shape index (κ1) is 17.9. The highest BCUT2D eigenvalue weighted by atomic mass is 32.1. The van der Waals surface area contributed by atoms with Gasteiger partial charge in [0, 0.05) is 12.6 Å².